The van der Waals surface area contributed by atoms with Crippen molar-refractivity contribution in [3.8, 4) is 45.4 Å². The summed E-state index contributed by atoms with van der Waals surface area (Å²) in [4.78, 5) is 10.4. The van der Waals surface area contributed by atoms with E-state index in [2.05, 4.69) is 10.8 Å². The molecule has 2 aromatic carbocycles. The summed E-state index contributed by atoms with van der Waals surface area (Å²) in [5, 5.41) is 4.12. The highest BCUT2D eigenvalue weighted by molar-refractivity contribution is 5.83. The van der Waals surface area contributed by atoms with Crippen molar-refractivity contribution in [1.29, 1.82) is 0 Å². The van der Waals surface area contributed by atoms with E-state index in [1.54, 1.807) is 44.7 Å². The number of nitrogens with one attached hydrogen (secondary N) is 1. The van der Waals surface area contributed by atoms with Gasteiger partial charge in [-0.15, -0.1) is 0 Å². The number of nitrogens with zero attached hydrogens (tertiary/aromatic N) is 1. The lowest BCUT2D eigenvalue weighted by molar-refractivity contribution is 0.0248. The molecule has 3 N–H and O–H groups in total. The Labute approximate surface area is 142 Å². The van der Waals surface area contributed by atoms with Gasteiger partial charge in [0.1, 0.15) is 17.7 Å². The zero-order chi connectivity index (χ0) is 17.4. The molecule has 0 radical (unpaired) electrons. The van der Waals surface area contributed by atoms with Gasteiger partial charge in [-0.05, 0) is 29.8 Å². The molecule has 0 amide bonds. The van der Waals surface area contributed by atoms with Crippen LogP contribution in [-0.4, -0.2) is 19.4 Å². The first-order valence-corrected chi connectivity index (χ1v) is 7.40. The molecule has 0 saturated carbocycles. The molecule has 2 heterocycles. The van der Waals surface area contributed by atoms with Crippen LogP contribution in [0.25, 0.3) is 22.4 Å². The molecule has 0 fully saturated rings. The number of aromatic nitrogens is 1. The molecule has 0 saturated heterocycles. The number of nitrogen functional groups attached to an aromatic ring is 1. The molecule has 1 aliphatic heterocycles. The lowest BCUT2D eigenvalue weighted by atomic mass is 10.0. The second kappa shape index (κ2) is 5.91. The Morgan fingerprint density at radius 2 is 1.84 bits per heavy atom. The minimum atomic E-state index is 0.477. The average Bonchev–Trinajstić information content (AvgIpc) is 3.29. The molecule has 25 heavy (non-hydrogen) atoms. The Bertz CT molecular complexity index is 938. The summed E-state index contributed by atoms with van der Waals surface area (Å²) in [7, 11) is 3.12. The van der Waals surface area contributed by atoms with Crippen LogP contribution < -0.4 is 30.5 Å². The lowest BCUT2D eigenvalue weighted by Gasteiger charge is -2.08. The standard InChI is InChI=1S/C17H15N3O5/c1-21-13-4-3-9(5-12(13)18)11-8-23-19-16(11)10-6-14(22-2)17-15(7-10)24-20-25-17/h3-8,20H,18H2,1-2H3. The predicted molar refractivity (Wildman–Crippen MR) is 89.3 cm³/mol. The maximum atomic E-state index is 6.01. The van der Waals surface area contributed by atoms with Gasteiger partial charge in [0.2, 0.25) is 11.5 Å². The van der Waals surface area contributed by atoms with E-state index in [0.717, 1.165) is 16.7 Å². The molecule has 1 aromatic heterocycles. The number of nitrogens with two attached hydrogens (primary N) is 1. The zero-order valence-electron chi connectivity index (χ0n) is 13.5. The minimum Gasteiger partial charge on any atom is -0.495 e. The number of anilines is 1. The van der Waals surface area contributed by atoms with Crippen molar-refractivity contribution in [1.82, 2.24) is 10.8 Å². The van der Waals surface area contributed by atoms with Crippen molar-refractivity contribution in [2.24, 2.45) is 0 Å². The minimum absolute atomic E-state index is 0.477. The number of rotatable bonds is 4. The second-order valence-corrected chi connectivity index (χ2v) is 5.33. The molecule has 8 heteroatoms. The van der Waals surface area contributed by atoms with Crippen LogP contribution >= 0.6 is 0 Å². The van der Waals surface area contributed by atoms with Crippen molar-refractivity contribution in [3.05, 3.63) is 36.6 Å². The molecular weight excluding hydrogens is 326 g/mol. The number of hydrogen-bond acceptors (Lipinski definition) is 8. The molecule has 0 unspecified atom stereocenters. The average molecular weight is 341 g/mol. The van der Waals surface area contributed by atoms with Gasteiger partial charge in [0.25, 0.3) is 0 Å². The predicted octanol–water partition coefficient (Wildman–Crippen LogP) is 2.80. The van der Waals surface area contributed by atoms with E-state index in [9.17, 15) is 0 Å². The van der Waals surface area contributed by atoms with Crippen LogP contribution in [-0.2, 0) is 0 Å². The summed E-state index contributed by atoms with van der Waals surface area (Å²) in [6, 6.07) is 9.07. The van der Waals surface area contributed by atoms with E-state index in [-0.39, 0.29) is 0 Å². The van der Waals surface area contributed by atoms with E-state index in [1.165, 1.54) is 0 Å². The highest BCUT2D eigenvalue weighted by Gasteiger charge is 2.24. The van der Waals surface area contributed by atoms with Crippen LogP contribution in [0, 0.1) is 0 Å². The summed E-state index contributed by atoms with van der Waals surface area (Å²) < 4.78 is 15.7. The van der Waals surface area contributed by atoms with Crippen molar-refractivity contribution in [2.45, 2.75) is 0 Å². The quantitative estimate of drug-likeness (QED) is 0.699. The van der Waals surface area contributed by atoms with Crippen LogP contribution in [0.4, 0.5) is 5.69 Å². The Balaban J connectivity index is 1.82. The molecule has 1 aliphatic rings. The molecular formula is C17H15N3O5. The molecule has 0 spiro atoms. The normalized spacial score (nSPS) is 12.2. The molecule has 4 rings (SSSR count). The Hall–Kier alpha value is -3.39. The highest BCUT2D eigenvalue weighted by atomic mass is 16.9. The number of methoxy groups -OCH3 is 2. The fourth-order valence-corrected chi connectivity index (χ4v) is 2.70. The summed E-state index contributed by atoms with van der Waals surface area (Å²) in [6.07, 6.45) is 1.56. The topological polar surface area (TPSA) is 101 Å². The second-order valence-electron chi connectivity index (χ2n) is 5.33. The van der Waals surface area contributed by atoms with Crippen molar-refractivity contribution >= 4 is 5.69 Å². The zero-order valence-corrected chi connectivity index (χ0v) is 13.5. The van der Waals surface area contributed by atoms with Crippen molar-refractivity contribution in [3.63, 3.8) is 0 Å². The first kappa shape index (κ1) is 15.2. The Kier molecular flexibility index (Phi) is 3.58. The van der Waals surface area contributed by atoms with Crippen LogP contribution in [0.5, 0.6) is 23.0 Å². The van der Waals surface area contributed by atoms with Crippen LogP contribution in [0.2, 0.25) is 0 Å². The van der Waals surface area contributed by atoms with Crippen LogP contribution in [0.15, 0.2) is 41.1 Å². The third-order valence-corrected chi connectivity index (χ3v) is 3.92. The third kappa shape index (κ3) is 2.48. The van der Waals surface area contributed by atoms with Crippen molar-refractivity contribution < 1.29 is 23.7 Å². The summed E-state index contributed by atoms with van der Waals surface area (Å²) in [6.45, 7) is 0. The van der Waals surface area contributed by atoms with E-state index >= 15 is 0 Å². The van der Waals surface area contributed by atoms with Gasteiger partial charge < -0.3 is 29.4 Å². The largest absolute Gasteiger partial charge is 0.495 e. The Morgan fingerprint density at radius 3 is 2.60 bits per heavy atom. The molecule has 8 nitrogen and oxygen atoms in total. The smallest absolute Gasteiger partial charge is 0.237 e. The maximum absolute atomic E-state index is 6.01. The number of hydrogen-bond donors (Lipinski definition) is 2. The van der Waals surface area contributed by atoms with Gasteiger partial charge in [0.15, 0.2) is 5.75 Å². The maximum Gasteiger partial charge on any atom is 0.237 e. The molecule has 0 aliphatic carbocycles. The highest BCUT2D eigenvalue weighted by Crippen LogP contribution is 2.44. The van der Waals surface area contributed by atoms with Gasteiger partial charge in [-0.3, -0.25) is 0 Å². The van der Waals surface area contributed by atoms with Gasteiger partial charge in [-0.1, -0.05) is 11.2 Å². The van der Waals surface area contributed by atoms with Crippen LogP contribution in [0.1, 0.15) is 0 Å². The SMILES string of the molecule is COc1ccc(-c2conc2-c2cc(OC)c3c(c2)ONO3)cc1N. The summed E-state index contributed by atoms with van der Waals surface area (Å²) in [5.74, 6) is 2.10. The van der Waals surface area contributed by atoms with Gasteiger partial charge in [0, 0.05) is 16.8 Å². The lowest BCUT2D eigenvalue weighted by Crippen LogP contribution is -2.14. The number of benzene rings is 2. The Morgan fingerprint density at radius 1 is 1.00 bits per heavy atom. The summed E-state index contributed by atoms with van der Waals surface area (Å²) in [5.41, 5.74) is 11.9. The van der Waals surface area contributed by atoms with Gasteiger partial charge in [-0.2, -0.15) is 0 Å². The monoisotopic (exact) mass is 341 g/mol. The third-order valence-electron chi connectivity index (χ3n) is 3.92. The number of ether oxygens (including phenoxy) is 2. The fourth-order valence-electron chi connectivity index (χ4n) is 2.70. The van der Waals surface area contributed by atoms with E-state index in [0.29, 0.717) is 34.4 Å². The fraction of sp³-hybridized carbons (Fsp3) is 0.118. The first-order valence-electron chi connectivity index (χ1n) is 7.40. The van der Waals surface area contributed by atoms with E-state index < -0.39 is 0 Å². The van der Waals surface area contributed by atoms with E-state index in [4.69, 9.17) is 29.4 Å². The summed E-state index contributed by atoms with van der Waals surface area (Å²) >= 11 is 0. The van der Waals surface area contributed by atoms with Gasteiger partial charge >= 0.3 is 0 Å². The number of fused-ring (bicyclic) bond motifs is 1. The molecule has 0 atom stereocenters. The van der Waals surface area contributed by atoms with E-state index in [1.807, 2.05) is 6.07 Å². The van der Waals surface area contributed by atoms with Gasteiger partial charge in [0.05, 0.1) is 19.9 Å². The molecule has 128 valence electrons. The molecule has 0 bridgehead atoms. The first-order chi connectivity index (χ1) is 12.2. The van der Waals surface area contributed by atoms with Crippen molar-refractivity contribution in [2.75, 3.05) is 20.0 Å². The van der Waals surface area contributed by atoms with Gasteiger partial charge in [-0.25, -0.2) is 0 Å². The molecule has 3 aromatic rings. The van der Waals surface area contributed by atoms with Crippen LogP contribution in [0.3, 0.4) is 0 Å².